The summed E-state index contributed by atoms with van der Waals surface area (Å²) >= 11 is 6.10. The fraction of sp³-hybridized carbons (Fsp3) is 0.375. The summed E-state index contributed by atoms with van der Waals surface area (Å²) in [4.78, 5) is 13.7. The molecule has 1 saturated heterocycles. The average molecular weight is 320 g/mol. The molecule has 2 atom stereocenters. The molecule has 1 aromatic heterocycles. The van der Waals surface area contributed by atoms with Gasteiger partial charge in [0.2, 0.25) is 0 Å². The summed E-state index contributed by atoms with van der Waals surface area (Å²) in [5, 5.41) is 16.8. The first-order chi connectivity index (χ1) is 10.7. The van der Waals surface area contributed by atoms with Crippen molar-refractivity contribution >= 4 is 17.3 Å². The minimum Gasteiger partial charge on any atom is -0.388 e. The summed E-state index contributed by atoms with van der Waals surface area (Å²) in [7, 11) is 0. The van der Waals surface area contributed by atoms with Crippen molar-refractivity contribution < 1.29 is 5.11 Å². The molecule has 0 aliphatic carbocycles. The molecule has 0 bridgehead atoms. The van der Waals surface area contributed by atoms with Crippen LogP contribution < -0.4 is 10.5 Å². The predicted molar refractivity (Wildman–Crippen MR) is 86.3 cm³/mol. The maximum atomic E-state index is 11.6. The molecule has 116 valence electrons. The van der Waals surface area contributed by atoms with Crippen molar-refractivity contribution in [2.24, 2.45) is 0 Å². The van der Waals surface area contributed by atoms with Gasteiger partial charge in [0.1, 0.15) is 5.02 Å². The third kappa shape index (κ3) is 3.00. The van der Waals surface area contributed by atoms with Gasteiger partial charge in [-0.2, -0.15) is 5.10 Å². The first-order valence-corrected chi connectivity index (χ1v) is 7.77. The van der Waals surface area contributed by atoms with Crippen LogP contribution >= 0.6 is 11.6 Å². The highest BCUT2D eigenvalue weighted by Gasteiger charge is 2.29. The van der Waals surface area contributed by atoms with Gasteiger partial charge < -0.3 is 10.0 Å². The smallest absolute Gasteiger partial charge is 0.285 e. The quantitative estimate of drug-likeness (QED) is 0.908. The largest absolute Gasteiger partial charge is 0.388 e. The molecule has 1 aliphatic rings. The zero-order valence-electron chi connectivity index (χ0n) is 12.1. The molecule has 0 radical (unpaired) electrons. The Kier molecular flexibility index (Phi) is 4.45. The molecule has 2 aromatic rings. The number of aromatic nitrogens is 2. The second-order valence-electron chi connectivity index (χ2n) is 5.55. The normalized spacial score (nSPS) is 19.4. The van der Waals surface area contributed by atoms with Gasteiger partial charge in [-0.25, -0.2) is 5.10 Å². The Bertz CT molecular complexity index is 689. The van der Waals surface area contributed by atoms with Gasteiger partial charge >= 0.3 is 0 Å². The molecule has 1 aliphatic heterocycles. The molecule has 22 heavy (non-hydrogen) atoms. The van der Waals surface area contributed by atoms with Crippen LogP contribution in [-0.4, -0.2) is 27.9 Å². The summed E-state index contributed by atoms with van der Waals surface area (Å²) in [6.45, 7) is 0.816. The Balaban J connectivity index is 1.79. The van der Waals surface area contributed by atoms with E-state index in [1.54, 1.807) is 6.20 Å². The van der Waals surface area contributed by atoms with Crippen LogP contribution in [0.3, 0.4) is 0 Å². The first kappa shape index (κ1) is 15.1. The van der Waals surface area contributed by atoms with Crippen LogP contribution in [0.2, 0.25) is 5.02 Å². The molecular weight excluding hydrogens is 302 g/mol. The summed E-state index contributed by atoms with van der Waals surface area (Å²) in [6, 6.07) is 9.76. The first-order valence-electron chi connectivity index (χ1n) is 7.39. The molecule has 0 amide bonds. The molecule has 2 N–H and O–H groups in total. The summed E-state index contributed by atoms with van der Waals surface area (Å²) < 4.78 is 0. The van der Waals surface area contributed by atoms with Crippen molar-refractivity contribution in [2.75, 3.05) is 11.4 Å². The summed E-state index contributed by atoms with van der Waals surface area (Å²) in [5.74, 6) is 0. The monoisotopic (exact) mass is 319 g/mol. The fourth-order valence-electron chi connectivity index (χ4n) is 3.04. The molecule has 0 unspecified atom stereocenters. The van der Waals surface area contributed by atoms with Crippen molar-refractivity contribution in [1.82, 2.24) is 10.2 Å². The fourth-order valence-corrected chi connectivity index (χ4v) is 3.24. The number of aromatic amines is 1. The zero-order chi connectivity index (χ0) is 15.5. The van der Waals surface area contributed by atoms with Crippen molar-refractivity contribution in [3.63, 3.8) is 0 Å². The molecule has 6 heteroatoms. The van der Waals surface area contributed by atoms with Crippen LogP contribution in [0.1, 0.15) is 30.9 Å². The number of nitrogens with zero attached hydrogens (tertiary/aromatic N) is 2. The lowest BCUT2D eigenvalue weighted by atomic mass is 10.0. The van der Waals surface area contributed by atoms with Gasteiger partial charge in [-0.3, -0.25) is 4.79 Å². The second kappa shape index (κ2) is 6.50. The third-order valence-electron chi connectivity index (χ3n) is 4.14. The van der Waals surface area contributed by atoms with Gasteiger partial charge in [-0.1, -0.05) is 41.9 Å². The SMILES string of the molecule is O=c1[nH]ncc(N2CCC[C@H]2C[C@@H](O)c2ccccc2)c1Cl. The van der Waals surface area contributed by atoms with E-state index in [4.69, 9.17) is 11.6 Å². The Morgan fingerprint density at radius 1 is 1.41 bits per heavy atom. The molecule has 5 nitrogen and oxygen atoms in total. The standard InChI is InChI=1S/C16H18ClN3O2/c17-15-13(10-18-19-16(15)22)20-8-4-7-12(20)9-14(21)11-5-2-1-3-6-11/h1-3,5-6,10,12,14,21H,4,7-9H2,(H,19,22)/t12-,14+/m0/s1. The molecular formula is C16H18ClN3O2. The minimum atomic E-state index is -0.527. The highest BCUT2D eigenvalue weighted by atomic mass is 35.5. The number of H-pyrrole nitrogens is 1. The molecule has 0 saturated carbocycles. The molecule has 1 aromatic carbocycles. The topological polar surface area (TPSA) is 69.2 Å². The van der Waals surface area contributed by atoms with E-state index in [2.05, 4.69) is 15.1 Å². The van der Waals surface area contributed by atoms with Crippen molar-refractivity contribution in [1.29, 1.82) is 0 Å². The lowest BCUT2D eigenvalue weighted by Gasteiger charge is -2.28. The Morgan fingerprint density at radius 2 is 2.18 bits per heavy atom. The third-order valence-corrected chi connectivity index (χ3v) is 4.51. The molecule has 1 fully saturated rings. The highest BCUT2D eigenvalue weighted by molar-refractivity contribution is 6.33. The number of benzene rings is 1. The predicted octanol–water partition coefficient (Wildman–Crippen LogP) is 2.52. The van der Waals surface area contributed by atoms with Crippen molar-refractivity contribution in [3.05, 3.63) is 57.5 Å². The van der Waals surface area contributed by atoms with Gasteiger partial charge in [0.25, 0.3) is 5.56 Å². The van der Waals surface area contributed by atoms with Crippen molar-refractivity contribution in [2.45, 2.75) is 31.4 Å². The number of hydrogen-bond acceptors (Lipinski definition) is 4. The van der Waals surface area contributed by atoms with E-state index in [0.717, 1.165) is 24.9 Å². The van der Waals surface area contributed by atoms with E-state index < -0.39 is 6.10 Å². The van der Waals surface area contributed by atoms with E-state index in [9.17, 15) is 9.90 Å². The second-order valence-corrected chi connectivity index (χ2v) is 5.93. The Morgan fingerprint density at radius 3 is 2.95 bits per heavy atom. The van der Waals surface area contributed by atoms with Gasteiger partial charge in [0.15, 0.2) is 0 Å². The number of nitrogens with one attached hydrogen (secondary N) is 1. The molecule has 2 heterocycles. The van der Waals surface area contributed by atoms with E-state index in [-0.39, 0.29) is 16.6 Å². The number of anilines is 1. The maximum absolute atomic E-state index is 11.6. The number of aliphatic hydroxyl groups excluding tert-OH is 1. The van der Waals surface area contributed by atoms with Crippen LogP contribution in [0.25, 0.3) is 0 Å². The van der Waals surface area contributed by atoms with E-state index >= 15 is 0 Å². The van der Waals surface area contributed by atoms with Gasteiger partial charge in [-0.15, -0.1) is 0 Å². The van der Waals surface area contributed by atoms with Crippen LogP contribution in [0.4, 0.5) is 5.69 Å². The van der Waals surface area contributed by atoms with E-state index in [0.29, 0.717) is 12.1 Å². The van der Waals surface area contributed by atoms with E-state index in [1.807, 2.05) is 30.3 Å². The zero-order valence-corrected chi connectivity index (χ0v) is 12.8. The number of rotatable bonds is 4. The molecule has 3 rings (SSSR count). The van der Waals surface area contributed by atoms with Gasteiger partial charge in [-0.05, 0) is 24.8 Å². The average Bonchev–Trinajstić information content (AvgIpc) is 2.99. The summed E-state index contributed by atoms with van der Waals surface area (Å²) in [6.07, 6.45) is 3.63. The van der Waals surface area contributed by atoms with Gasteiger partial charge in [0.05, 0.1) is 18.0 Å². The number of hydrogen-bond donors (Lipinski definition) is 2. The van der Waals surface area contributed by atoms with Crippen LogP contribution in [-0.2, 0) is 0 Å². The van der Waals surface area contributed by atoms with Crippen LogP contribution in [0.5, 0.6) is 0 Å². The Hall–Kier alpha value is -1.85. The van der Waals surface area contributed by atoms with Crippen LogP contribution in [0, 0.1) is 0 Å². The number of halogens is 1. The summed E-state index contributed by atoms with van der Waals surface area (Å²) in [5.41, 5.74) is 1.17. The molecule has 0 spiro atoms. The minimum absolute atomic E-state index is 0.149. The highest BCUT2D eigenvalue weighted by Crippen LogP contribution is 2.33. The lowest BCUT2D eigenvalue weighted by molar-refractivity contribution is 0.158. The lowest BCUT2D eigenvalue weighted by Crippen LogP contribution is -2.32. The maximum Gasteiger partial charge on any atom is 0.285 e. The van der Waals surface area contributed by atoms with Gasteiger partial charge in [0, 0.05) is 12.6 Å². The number of aliphatic hydroxyl groups is 1. The van der Waals surface area contributed by atoms with Crippen LogP contribution in [0.15, 0.2) is 41.3 Å². The van der Waals surface area contributed by atoms with Crippen molar-refractivity contribution in [3.8, 4) is 0 Å². The Labute approximate surface area is 133 Å². The van der Waals surface area contributed by atoms with E-state index in [1.165, 1.54) is 0 Å².